The lowest BCUT2D eigenvalue weighted by atomic mass is 10.3. The van der Waals surface area contributed by atoms with Crippen molar-refractivity contribution in [2.45, 2.75) is 4.90 Å². The Balaban J connectivity index is 2.20. The molecule has 0 saturated carbocycles. The third kappa shape index (κ3) is 3.27. The van der Waals surface area contributed by atoms with Crippen LogP contribution < -0.4 is 15.3 Å². The van der Waals surface area contributed by atoms with E-state index in [1.165, 1.54) is 34.4 Å². The third-order valence-electron chi connectivity index (χ3n) is 4.52. The molecule has 0 spiro atoms. The van der Waals surface area contributed by atoms with E-state index < -0.39 is 22.5 Å². The summed E-state index contributed by atoms with van der Waals surface area (Å²) in [6.45, 7) is -0.436. The van der Waals surface area contributed by atoms with Crippen molar-refractivity contribution >= 4 is 44.3 Å². The van der Waals surface area contributed by atoms with E-state index in [1.807, 2.05) is 0 Å². The van der Waals surface area contributed by atoms with Gasteiger partial charge in [0.1, 0.15) is 6.54 Å². The number of anilines is 1. The molecule has 0 aliphatic heterocycles. The highest BCUT2D eigenvalue weighted by atomic mass is 35.5. The predicted octanol–water partition coefficient (Wildman–Crippen LogP) is 1.47. The lowest BCUT2D eigenvalue weighted by Crippen LogP contribution is -2.40. The van der Waals surface area contributed by atoms with Gasteiger partial charge in [0.25, 0.3) is 10.0 Å². The van der Waals surface area contributed by atoms with Crippen molar-refractivity contribution in [2.24, 2.45) is 14.1 Å². The average molecular weight is 423 g/mol. The van der Waals surface area contributed by atoms with Gasteiger partial charge in [-0.25, -0.2) is 13.2 Å². The van der Waals surface area contributed by atoms with Crippen LogP contribution in [-0.2, 0) is 28.9 Å². The summed E-state index contributed by atoms with van der Waals surface area (Å²) < 4.78 is 30.5. The van der Waals surface area contributed by atoms with Gasteiger partial charge in [-0.2, -0.15) is 0 Å². The first-order chi connectivity index (χ1) is 13.2. The number of carbonyl (C=O) groups excluding carboxylic acids is 1. The first kappa shape index (κ1) is 20.0. The quantitative estimate of drug-likeness (QED) is 0.673. The Kier molecular flexibility index (Phi) is 5.22. The second kappa shape index (κ2) is 7.33. The Morgan fingerprint density at radius 3 is 2.39 bits per heavy atom. The maximum absolute atomic E-state index is 13.4. The fourth-order valence-corrected chi connectivity index (χ4v) is 4.69. The van der Waals surface area contributed by atoms with Crippen LogP contribution in [0.5, 0.6) is 0 Å². The van der Waals surface area contributed by atoms with Gasteiger partial charge < -0.3 is 5.32 Å². The van der Waals surface area contributed by atoms with Gasteiger partial charge in [0.05, 0.1) is 26.6 Å². The summed E-state index contributed by atoms with van der Waals surface area (Å²) in [4.78, 5) is 24.1. The summed E-state index contributed by atoms with van der Waals surface area (Å²) in [6, 6.07) is 10.8. The lowest BCUT2D eigenvalue weighted by molar-refractivity contribution is -0.119. The number of nitrogens with one attached hydrogen (secondary N) is 1. The van der Waals surface area contributed by atoms with Crippen LogP contribution in [0.3, 0.4) is 0 Å². The molecular formula is C18H19ClN4O4S. The van der Waals surface area contributed by atoms with Crippen LogP contribution in [-0.4, -0.2) is 37.1 Å². The SMILES string of the molecule is CNC(=O)CN(c1ccccc1Cl)S(=O)(=O)c1ccc2c(c1)n(C)c(=O)n2C. The molecule has 3 rings (SSSR count). The largest absolute Gasteiger partial charge is 0.358 e. The maximum Gasteiger partial charge on any atom is 0.328 e. The molecule has 0 atom stereocenters. The Morgan fingerprint density at radius 2 is 1.75 bits per heavy atom. The summed E-state index contributed by atoms with van der Waals surface area (Å²) in [6.07, 6.45) is 0. The normalized spacial score (nSPS) is 11.6. The van der Waals surface area contributed by atoms with Gasteiger partial charge in [0.15, 0.2) is 0 Å². The molecule has 10 heteroatoms. The van der Waals surface area contributed by atoms with Crippen molar-refractivity contribution in [3.05, 3.63) is 58.0 Å². The minimum absolute atomic E-state index is 0.0509. The summed E-state index contributed by atoms with van der Waals surface area (Å²) in [5.74, 6) is -0.489. The van der Waals surface area contributed by atoms with Crippen LogP contribution in [0, 0.1) is 0 Å². The first-order valence-corrected chi connectivity index (χ1v) is 10.1. The molecule has 1 heterocycles. The van der Waals surface area contributed by atoms with Gasteiger partial charge >= 0.3 is 5.69 Å². The molecule has 1 aromatic heterocycles. The second-order valence-corrected chi connectivity index (χ2v) is 8.46. The van der Waals surface area contributed by atoms with E-state index in [9.17, 15) is 18.0 Å². The number of aryl methyl sites for hydroxylation is 2. The number of para-hydroxylation sites is 1. The maximum atomic E-state index is 13.4. The molecule has 0 unspecified atom stereocenters. The minimum Gasteiger partial charge on any atom is -0.358 e. The summed E-state index contributed by atoms with van der Waals surface area (Å²) >= 11 is 6.20. The lowest BCUT2D eigenvalue weighted by Gasteiger charge is -2.24. The highest BCUT2D eigenvalue weighted by Crippen LogP contribution is 2.31. The van der Waals surface area contributed by atoms with Gasteiger partial charge in [0, 0.05) is 21.1 Å². The van der Waals surface area contributed by atoms with Crippen LogP contribution >= 0.6 is 11.6 Å². The average Bonchev–Trinajstić information content (AvgIpc) is 2.90. The Bertz CT molecular complexity index is 1230. The zero-order chi connectivity index (χ0) is 20.6. The van der Waals surface area contributed by atoms with Crippen molar-refractivity contribution < 1.29 is 13.2 Å². The molecule has 28 heavy (non-hydrogen) atoms. The monoisotopic (exact) mass is 422 g/mol. The molecular weight excluding hydrogens is 404 g/mol. The molecule has 8 nitrogen and oxygen atoms in total. The van der Waals surface area contributed by atoms with Crippen molar-refractivity contribution in [1.82, 2.24) is 14.5 Å². The van der Waals surface area contributed by atoms with E-state index in [2.05, 4.69) is 5.32 Å². The highest BCUT2D eigenvalue weighted by molar-refractivity contribution is 7.92. The highest BCUT2D eigenvalue weighted by Gasteiger charge is 2.29. The van der Waals surface area contributed by atoms with E-state index >= 15 is 0 Å². The van der Waals surface area contributed by atoms with E-state index in [1.54, 1.807) is 38.4 Å². The first-order valence-electron chi connectivity index (χ1n) is 8.31. The number of hydrogen-bond donors (Lipinski definition) is 1. The molecule has 0 aliphatic carbocycles. The number of nitrogens with zero attached hydrogens (tertiary/aromatic N) is 3. The molecule has 2 aromatic carbocycles. The van der Waals surface area contributed by atoms with Gasteiger partial charge in [-0.1, -0.05) is 23.7 Å². The number of sulfonamides is 1. The number of benzene rings is 2. The summed E-state index contributed by atoms with van der Waals surface area (Å²) in [7, 11) is 0.470. The summed E-state index contributed by atoms with van der Waals surface area (Å²) in [5.41, 5.74) is 0.988. The number of rotatable bonds is 5. The molecule has 148 valence electrons. The number of fused-ring (bicyclic) bond motifs is 1. The number of amides is 1. The fourth-order valence-electron chi connectivity index (χ4n) is 2.94. The van der Waals surface area contributed by atoms with Gasteiger partial charge in [-0.15, -0.1) is 0 Å². The van der Waals surface area contributed by atoms with Crippen LogP contribution in [0.1, 0.15) is 0 Å². The molecule has 1 N–H and O–H groups in total. The van der Waals surface area contributed by atoms with Crippen molar-refractivity contribution in [1.29, 1.82) is 0 Å². The Hall–Kier alpha value is -2.78. The molecule has 1 amide bonds. The number of aromatic nitrogens is 2. The number of likely N-dealkylation sites (N-methyl/N-ethyl adjacent to an activating group) is 1. The smallest absolute Gasteiger partial charge is 0.328 e. The zero-order valence-corrected chi connectivity index (χ0v) is 17.1. The Morgan fingerprint density at radius 1 is 1.11 bits per heavy atom. The number of imidazole rings is 1. The van der Waals surface area contributed by atoms with E-state index in [0.29, 0.717) is 11.0 Å². The fraction of sp³-hybridized carbons (Fsp3) is 0.222. The molecule has 0 bridgehead atoms. The number of halogens is 1. The molecule has 0 aliphatic rings. The van der Waals surface area contributed by atoms with E-state index in [4.69, 9.17) is 11.6 Å². The third-order valence-corrected chi connectivity index (χ3v) is 6.59. The molecule has 0 fully saturated rings. The Labute approximate surface area is 167 Å². The van der Waals surface area contributed by atoms with Crippen LogP contribution in [0.2, 0.25) is 5.02 Å². The van der Waals surface area contributed by atoms with Gasteiger partial charge in [-0.3, -0.25) is 18.2 Å². The van der Waals surface area contributed by atoms with Gasteiger partial charge in [0.2, 0.25) is 5.91 Å². The summed E-state index contributed by atoms with van der Waals surface area (Å²) in [5, 5.41) is 2.62. The molecule has 3 aromatic rings. The van der Waals surface area contributed by atoms with Crippen LogP contribution in [0.15, 0.2) is 52.2 Å². The van der Waals surface area contributed by atoms with E-state index in [0.717, 1.165) is 4.31 Å². The van der Waals surface area contributed by atoms with Gasteiger partial charge in [-0.05, 0) is 30.3 Å². The van der Waals surface area contributed by atoms with Crippen LogP contribution in [0.25, 0.3) is 11.0 Å². The predicted molar refractivity (Wildman–Crippen MR) is 108 cm³/mol. The van der Waals surface area contributed by atoms with Crippen molar-refractivity contribution in [3.63, 3.8) is 0 Å². The topological polar surface area (TPSA) is 93.4 Å². The second-order valence-electron chi connectivity index (χ2n) is 6.19. The zero-order valence-electron chi connectivity index (χ0n) is 15.5. The van der Waals surface area contributed by atoms with Crippen molar-refractivity contribution in [2.75, 3.05) is 17.9 Å². The molecule has 0 radical (unpaired) electrons. The number of hydrogen-bond acceptors (Lipinski definition) is 4. The molecule has 0 saturated heterocycles. The van der Waals surface area contributed by atoms with Crippen LogP contribution in [0.4, 0.5) is 5.69 Å². The number of carbonyl (C=O) groups is 1. The standard InChI is InChI=1S/C18H19ClN4O4S/c1-20-17(24)11-23(14-7-5-4-6-13(14)19)28(26,27)12-8-9-15-16(10-12)22(3)18(25)21(15)2/h4-10H,11H2,1-3H3,(H,20,24). The van der Waals surface area contributed by atoms with Crippen molar-refractivity contribution in [3.8, 4) is 0 Å². The van der Waals surface area contributed by atoms with E-state index in [-0.39, 0.29) is 21.3 Å². The minimum atomic E-state index is -4.13.